The van der Waals surface area contributed by atoms with Gasteiger partial charge in [0.05, 0.1) is 13.2 Å². The van der Waals surface area contributed by atoms with Crippen LogP contribution in [0.4, 0.5) is 17.4 Å². The minimum Gasteiger partial charge on any atom is -0.504 e. The Hall–Kier alpha value is -4.15. The maximum absolute atomic E-state index is 12.6. The van der Waals surface area contributed by atoms with Gasteiger partial charge in [0.15, 0.2) is 22.9 Å². The number of furan rings is 1. The Balaban J connectivity index is 1.65. The number of aliphatic hydroxyl groups excluding tert-OH is 2. The van der Waals surface area contributed by atoms with Gasteiger partial charge in [-0.05, 0) is 55.8 Å². The number of benzene rings is 1. The van der Waals surface area contributed by atoms with Gasteiger partial charge in [0, 0.05) is 29.2 Å². The normalized spacial score (nSPS) is 14.1. The highest BCUT2D eigenvalue weighted by atomic mass is 16.5. The standard InChI is InChI=1S/C25H25N3O7/c1-3-33-25(32)21-22(31)20(10-15-11-27-23-18(15)5-4-8-26-23)35-24(21)28-19-7-6-17(9-14(19)2)34-13-16(30)12-29/h4-11,16,28-31H,3,12-13H2,1-2H3. The minimum atomic E-state index is -0.980. The zero-order chi connectivity index (χ0) is 24.9. The number of pyridine rings is 1. The van der Waals surface area contributed by atoms with Crippen molar-refractivity contribution in [1.82, 2.24) is 4.98 Å². The Kier molecular flexibility index (Phi) is 7.14. The SMILES string of the molecule is CCOC(=O)c1c(Nc2ccc(OCC(O)CO)cc2C)oc(C=C2C=Nc3ncccc32)c1O. The Bertz CT molecular complexity index is 1300. The second-order valence-corrected chi connectivity index (χ2v) is 7.72. The number of ether oxygens (including phenoxy) is 2. The first-order valence-electron chi connectivity index (χ1n) is 10.9. The molecule has 182 valence electrons. The average Bonchev–Trinajstić information content (AvgIpc) is 3.40. The molecule has 0 saturated carbocycles. The summed E-state index contributed by atoms with van der Waals surface area (Å²) < 4.78 is 16.4. The predicted octanol–water partition coefficient (Wildman–Crippen LogP) is 3.60. The third-order valence-corrected chi connectivity index (χ3v) is 5.20. The van der Waals surface area contributed by atoms with Gasteiger partial charge in [0.2, 0.25) is 5.88 Å². The van der Waals surface area contributed by atoms with E-state index in [1.165, 1.54) is 0 Å². The van der Waals surface area contributed by atoms with Gasteiger partial charge in [-0.1, -0.05) is 0 Å². The first-order chi connectivity index (χ1) is 16.9. The molecule has 0 saturated heterocycles. The molecular formula is C25H25N3O7. The van der Waals surface area contributed by atoms with E-state index in [1.807, 2.05) is 13.0 Å². The summed E-state index contributed by atoms with van der Waals surface area (Å²) in [6.45, 7) is 3.15. The molecule has 0 fully saturated rings. The van der Waals surface area contributed by atoms with Gasteiger partial charge in [0.25, 0.3) is 0 Å². The molecular weight excluding hydrogens is 454 g/mol. The second-order valence-electron chi connectivity index (χ2n) is 7.72. The van der Waals surface area contributed by atoms with Crippen molar-refractivity contribution in [3.8, 4) is 11.5 Å². The molecule has 3 aromatic rings. The van der Waals surface area contributed by atoms with Crippen molar-refractivity contribution in [2.45, 2.75) is 20.0 Å². The summed E-state index contributed by atoms with van der Waals surface area (Å²) in [4.78, 5) is 21.1. The van der Waals surface area contributed by atoms with Crippen LogP contribution in [-0.2, 0) is 4.74 Å². The van der Waals surface area contributed by atoms with E-state index < -0.39 is 18.7 Å². The number of nitrogens with one attached hydrogen (secondary N) is 1. The van der Waals surface area contributed by atoms with Crippen LogP contribution in [0.1, 0.15) is 34.2 Å². The summed E-state index contributed by atoms with van der Waals surface area (Å²) in [6.07, 6.45) is 3.84. The molecule has 0 spiro atoms. The van der Waals surface area contributed by atoms with E-state index in [-0.39, 0.29) is 36.2 Å². The third kappa shape index (κ3) is 5.18. The first kappa shape index (κ1) is 24.0. The van der Waals surface area contributed by atoms with Gasteiger partial charge in [-0.3, -0.25) is 0 Å². The Morgan fingerprint density at radius 3 is 2.89 bits per heavy atom. The summed E-state index contributed by atoms with van der Waals surface area (Å²) in [7, 11) is 0. The number of nitrogens with zero attached hydrogens (tertiary/aromatic N) is 2. The number of fused-ring (bicyclic) bond motifs is 1. The van der Waals surface area contributed by atoms with E-state index in [0.29, 0.717) is 22.8 Å². The maximum atomic E-state index is 12.6. The molecule has 1 aliphatic heterocycles. The number of carbonyl (C=O) groups is 1. The molecule has 2 aromatic heterocycles. The number of anilines is 2. The molecule has 1 atom stereocenters. The topological polar surface area (TPSA) is 147 Å². The van der Waals surface area contributed by atoms with E-state index in [1.54, 1.807) is 49.7 Å². The monoisotopic (exact) mass is 479 g/mol. The molecule has 4 rings (SSSR count). The van der Waals surface area contributed by atoms with E-state index in [9.17, 15) is 15.0 Å². The van der Waals surface area contributed by atoms with E-state index in [2.05, 4.69) is 15.3 Å². The minimum absolute atomic E-state index is 0.0154. The van der Waals surface area contributed by atoms with E-state index in [0.717, 1.165) is 11.1 Å². The fourth-order valence-corrected chi connectivity index (χ4v) is 3.43. The number of aliphatic hydroxyl groups is 2. The number of carbonyl (C=O) groups excluding carboxylic acids is 1. The van der Waals surface area contributed by atoms with Crippen molar-refractivity contribution in [2.24, 2.45) is 4.99 Å². The van der Waals surface area contributed by atoms with Gasteiger partial charge in [0.1, 0.15) is 18.5 Å². The lowest BCUT2D eigenvalue weighted by molar-refractivity contribution is 0.0524. The number of aromatic hydroxyl groups is 1. The number of esters is 1. The largest absolute Gasteiger partial charge is 0.504 e. The van der Waals surface area contributed by atoms with Gasteiger partial charge < -0.3 is 34.5 Å². The zero-order valence-electron chi connectivity index (χ0n) is 19.2. The molecule has 10 nitrogen and oxygen atoms in total. The second kappa shape index (κ2) is 10.4. The molecule has 0 radical (unpaired) electrons. The molecule has 10 heteroatoms. The van der Waals surface area contributed by atoms with Gasteiger partial charge >= 0.3 is 5.97 Å². The highest BCUT2D eigenvalue weighted by Crippen LogP contribution is 2.40. The van der Waals surface area contributed by atoms with Crippen molar-refractivity contribution < 1.29 is 34.0 Å². The Morgan fingerprint density at radius 1 is 1.31 bits per heavy atom. The molecule has 0 amide bonds. The summed E-state index contributed by atoms with van der Waals surface area (Å²) in [5, 5.41) is 32.3. The van der Waals surface area contributed by atoms with Crippen LogP contribution in [-0.4, -0.2) is 58.4 Å². The number of hydrogen-bond acceptors (Lipinski definition) is 10. The number of hydrogen-bond donors (Lipinski definition) is 4. The van der Waals surface area contributed by atoms with Crippen molar-refractivity contribution in [3.05, 3.63) is 59.0 Å². The molecule has 3 heterocycles. The van der Waals surface area contributed by atoms with Gasteiger partial charge in [-0.15, -0.1) is 0 Å². The zero-order valence-corrected chi connectivity index (χ0v) is 19.2. The van der Waals surface area contributed by atoms with Gasteiger partial charge in [-0.2, -0.15) is 0 Å². The van der Waals surface area contributed by atoms with Crippen LogP contribution in [0.25, 0.3) is 11.6 Å². The van der Waals surface area contributed by atoms with Crippen molar-refractivity contribution in [2.75, 3.05) is 25.1 Å². The molecule has 1 aliphatic rings. The quantitative estimate of drug-likeness (QED) is 0.338. The Labute approximate surface area is 201 Å². The van der Waals surface area contributed by atoms with E-state index in [4.69, 9.17) is 19.0 Å². The maximum Gasteiger partial charge on any atom is 0.347 e. The van der Waals surface area contributed by atoms with Crippen molar-refractivity contribution in [3.63, 3.8) is 0 Å². The lowest BCUT2D eigenvalue weighted by Gasteiger charge is -2.13. The number of aryl methyl sites for hydroxylation is 1. The van der Waals surface area contributed by atoms with Crippen molar-refractivity contribution in [1.29, 1.82) is 0 Å². The summed E-state index contributed by atoms with van der Waals surface area (Å²) in [5.41, 5.74) is 2.64. The molecule has 1 aromatic carbocycles. The van der Waals surface area contributed by atoms with Crippen LogP contribution in [0.5, 0.6) is 11.5 Å². The fourth-order valence-electron chi connectivity index (χ4n) is 3.43. The number of aromatic nitrogens is 1. The van der Waals surface area contributed by atoms with Gasteiger partial charge in [-0.25, -0.2) is 14.8 Å². The van der Waals surface area contributed by atoms with Crippen LogP contribution < -0.4 is 10.1 Å². The fraction of sp³-hybridized carbons (Fsp3) is 0.240. The van der Waals surface area contributed by atoms with E-state index >= 15 is 0 Å². The van der Waals surface area contributed by atoms with Crippen molar-refractivity contribution >= 4 is 41.2 Å². The third-order valence-electron chi connectivity index (χ3n) is 5.20. The summed E-state index contributed by atoms with van der Waals surface area (Å²) >= 11 is 0. The molecule has 4 N–H and O–H groups in total. The van der Waals surface area contributed by atoms with Crippen LogP contribution in [0.15, 0.2) is 45.9 Å². The highest BCUT2D eigenvalue weighted by Gasteiger charge is 2.27. The Morgan fingerprint density at radius 2 is 2.14 bits per heavy atom. The average molecular weight is 479 g/mol. The molecule has 35 heavy (non-hydrogen) atoms. The number of rotatable bonds is 9. The summed E-state index contributed by atoms with van der Waals surface area (Å²) in [6, 6.07) is 8.71. The van der Waals surface area contributed by atoms with Crippen LogP contribution in [0.3, 0.4) is 0 Å². The highest BCUT2D eigenvalue weighted by molar-refractivity contribution is 6.21. The van der Waals surface area contributed by atoms with Crippen LogP contribution >= 0.6 is 0 Å². The van der Waals surface area contributed by atoms with Crippen LogP contribution in [0.2, 0.25) is 0 Å². The molecule has 1 unspecified atom stereocenters. The molecule has 0 aliphatic carbocycles. The number of aliphatic imine (C=N–C) groups is 1. The smallest absolute Gasteiger partial charge is 0.347 e. The first-order valence-corrected chi connectivity index (χ1v) is 10.9. The number of allylic oxidation sites excluding steroid dienone is 1. The lowest BCUT2D eigenvalue weighted by atomic mass is 10.1. The summed E-state index contributed by atoms with van der Waals surface area (Å²) in [5.74, 6) is 0.0224. The predicted molar refractivity (Wildman–Crippen MR) is 130 cm³/mol. The van der Waals surface area contributed by atoms with Crippen LogP contribution in [0, 0.1) is 6.92 Å². The lowest BCUT2D eigenvalue weighted by Crippen LogP contribution is -2.21. The molecule has 0 bridgehead atoms.